The molecule has 0 aliphatic carbocycles. The van der Waals surface area contributed by atoms with E-state index in [0.29, 0.717) is 48.3 Å². The lowest BCUT2D eigenvalue weighted by atomic mass is 10.1. The number of nitro benzene ring substituents is 1. The SMILES string of the molecule is CN(C)CCCN(C(=O)c1cc([N+](=O)[O-])ccc1Cl)c1nc2cc3c(cc2s1)OCCO3.Cl. The summed E-state index contributed by atoms with van der Waals surface area (Å²) in [6, 6.07) is 7.50. The maximum Gasteiger partial charge on any atom is 0.270 e. The first-order valence-electron chi connectivity index (χ1n) is 9.94. The third kappa shape index (κ3) is 5.47. The van der Waals surface area contributed by atoms with E-state index in [2.05, 4.69) is 4.98 Å². The van der Waals surface area contributed by atoms with E-state index in [-0.39, 0.29) is 28.7 Å². The van der Waals surface area contributed by atoms with Gasteiger partial charge in [-0.1, -0.05) is 22.9 Å². The van der Waals surface area contributed by atoms with Crippen LogP contribution in [0.3, 0.4) is 0 Å². The van der Waals surface area contributed by atoms with Gasteiger partial charge in [0.25, 0.3) is 11.6 Å². The van der Waals surface area contributed by atoms with Crippen molar-refractivity contribution in [3.05, 3.63) is 51.0 Å². The van der Waals surface area contributed by atoms with E-state index in [9.17, 15) is 14.9 Å². The Morgan fingerprint density at radius 2 is 1.88 bits per heavy atom. The highest BCUT2D eigenvalue weighted by atomic mass is 35.5. The molecule has 0 fully saturated rings. The number of carbonyl (C=O) groups is 1. The van der Waals surface area contributed by atoms with Crippen LogP contribution in [0.5, 0.6) is 11.5 Å². The van der Waals surface area contributed by atoms with Crippen LogP contribution in [0.2, 0.25) is 5.02 Å². The van der Waals surface area contributed by atoms with Gasteiger partial charge in [0.1, 0.15) is 13.2 Å². The van der Waals surface area contributed by atoms with E-state index in [1.165, 1.54) is 34.4 Å². The standard InChI is InChI=1S/C21H21ClN4O5S.ClH/c1-24(2)6-3-7-25(20(27)14-10-13(26(28)29)4-5-15(14)22)21-23-16-11-17-18(12-19(16)32-21)31-9-8-30-17;/h4-5,10-12H,3,6-9H2,1-2H3;1H. The average molecular weight is 513 g/mol. The number of hydrogen-bond donors (Lipinski definition) is 0. The molecular formula is C21H22Cl2N4O5S. The molecule has 0 saturated heterocycles. The minimum atomic E-state index is -0.550. The fraction of sp³-hybridized carbons (Fsp3) is 0.333. The molecule has 3 aromatic rings. The number of thiazole rings is 1. The van der Waals surface area contributed by atoms with Crippen molar-refractivity contribution in [3.8, 4) is 11.5 Å². The van der Waals surface area contributed by atoms with E-state index in [0.717, 1.165) is 11.2 Å². The van der Waals surface area contributed by atoms with Gasteiger partial charge in [0.15, 0.2) is 16.6 Å². The summed E-state index contributed by atoms with van der Waals surface area (Å²) in [6.07, 6.45) is 0.684. The zero-order valence-corrected chi connectivity index (χ0v) is 20.3. The predicted octanol–water partition coefficient (Wildman–Crippen LogP) is 4.65. The van der Waals surface area contributed by atoms with Gasteiger partial charge in [0.05, 0.1) is 25.7 Å². The number of nitrogens with zero attached hydrogens (tertiary/aromatic N) is 4. The highest BCUT2D eigenvalue weighted by Crippen LogP contribution is 2.39. The van der Waals surface area contributed by atoms with Gasteiger partial charge in [-0.15, -0.1) is 12.4 Å². The van der Waals surface area contributed by atoms with Crippen LogP contribution in [0.4, 0.5) is 10.8 Å². The molecule has 2 heterocycles. The Kier molecular flexibility index (Phi) is 7.96. The molecule has 0 unspecified atom stereocenters. The number of rotatable bonds is 7. The molecule has 0 saturated carbocycles. The molecule has 9 nitrogen and oxygen atoms in total. The van der Waals surface area contributed by atoms with Crippen molar-refractivity contribution in [2.45, 2.75) is 6.42 Å². The quantitative estimate of drug-likeness (QED) is 0.335. The van der Waals surface area contributed by atoms with Gasteiger partial charge in [-0.3, -0.25) is 19.8 Å². The third-order valence-electron chi connectivity index (χ3n) is 4.90. The molecule has 1 aliphatic heterocycles. The van der Waals surface area contributed by atoms with E-state index in [1.54, 1.807) is 6.07 Å². The average Bonchev–Trinajstić information content (AvgIpc) is 3.16. The summed E-state index contributed by atoms with van der Waals surface area (Å²) in [4.78, 5) is 32.3. The Bertz CT molecular complexity index is 1140. The van der Waals surface area contributed by atoms with Crippen LogP contribution in [-0.4, -0.2) is 61.1 Å². The molecule has 176 valence electrons. The minimum absolute atomic E-state index is 0. The number of non-ortho nitro benzene ring substituents is 1. The molecule has 4 rings (SSSR count). The molecular weight excluding hydrogens is 491 g/mol. The Labute approximate surface area is 205 Å². The van der Waals surface area contributed by atoms with Gasteiger partial charge in [-0.05, 0) is 33.1 Å². The molecule has 12 heteroatoms. The van der Waals surface area contributed by atoms with Crippen molar-refractivity contribution in [2.75, 3.05) is 45.3 Å². The van der Waals surface area contributed by atoms with Crippen molar-refractivity contribution in [2.24, 2.45) is 0 Å². The molecule has 33 heavy (non-hydrogen) atoms. The number of hydrogen-bond acceptors (Lipinski definition) is 8. The predicted molar refractivity (Wildman–Crippen MR) is 131 cm³/mol. The zero-order chi connectivity index (χ0) is 22.8. The fourth-order valence-electron chi connectivity index (χ4n) is 3.33. The number of carbonyl (C=O) groups excluding carboxylic acids is 1. The van der Waals surface area contributed by atoms with Crippen LogP contribution in [-0.2, 0) is 0 Å². The smallest absolute Gasteiger partial charge is 0.270 e. The molecule has 0 spiro atoms. The van der Waals surface area contributed by atoms with Gasteiger partial charge in [-0.2, -0.15) is 0 Å². The van der Waals surface area contributed by atoms with Crippen LogP contribution in [0.25, 0.3) is 10.2 Å². The van der Waals surface area contributed by atoms with Crippen LogP contribution >= 0.6 is 35.3 Å². The molecule has 0 atom stereocenters. The lowest BCUT2D eigenvalue weighted by Crippen LogP contribution is -2.33. The number of amides is 1. The number of halogens is 2. The molecule has 1 aromatic heterocycles. The van der Waals surface area contributed by atoms with E-state index in [4.69, 9.17) is 21.1 Å². The number of nitro groups is 1. The summed E-state index contributed by atoms with van der Waals surface area (Å²) < 4.78 is 12.1. The summed E-state index contributed by atoms with van der Waals surface area (Å²) in [5.74, 6) is 0.827. The molecule has 0 N–H and O–H groups in total. The van der Waals surface area contributed by atoms with Crippen LogP contribution in [0, 0.1) is 10.1 Å². The van der Waals surface area contributed by atoms with Crippen LogP contribution in [0.1, 0.15) is 16.8 Å². The zero-order valence-electron chi connectivity index (χ0n) is 17.9. The van der Waals surface area contributed by atoms with Gasteiger partial charge in [0.2, 0.25) is 0 Å². The Morgan fingerprint density at radius 1 is 1.18 bits per heavy atom. The monoisotopic (exact) mass is 512 g/mol. The summed E-state index contributed by atoms with van der Waals surface area (Å²) >= 11 is 7.59. The molecule has 0 radical (unpaired) electrons. The van der Waals surface area contributed by atoms with Crippen molar-refractivity contribution in [1.29, 1.82) is 0 Å². The minimum Gasteiger partial charge on any atom is -0.486 e. The topological polar surface area (TPSA) is 98.0 Å². The lowest BCUT2D eigenvalue weighted by Gasteiger charge is -2.21. The van der Waals surface area contributed by atoms with Crippen LogP contribution < -0.4 is 14.4 Å². The third-order valence-corrected chi connectivity index (χ3v) is 6.27. The Morgan fingerprint density at radius 3 is 2.55 bits per heavy atom. The first-order chi connectivity index (χ1) is 15.3. The van der Waals surface area contributed by atoms with E-state index in [1.807, 2.05) is 25.1 Å². The number of fused-ring (bicyclic) bond motifs is 2. The maximum atomic E-state index is 13.5. The maximum absolute atomic E-state index is 13.5. The number of anilines is 1. The summed E-state index contributed by atoms with van der Waals surface area (Å²) in [6.45, 7) is 2.08. The number of benzene rings is 2. The fourth-order valence-corrected chi connectivity index (χ4v) is 4.53. The van der Waals surface area contributed by atoms with Gasteiger partial charge < -0.3 is 14.4 Å². The van der Waals surface area contributed by atoms with E-state index >= 15 is 0 Å². The van der Waals surface area contributed by atoms with E-state index < -0.39 is 10.8 Å². The lowest BCUT2D eigenvalue weighted by molar-refractivity contribution is -0.384. The highest BCUT2D eigenvalue weighted by molar-refractivity contribution is 7.22. The number of aromatic nitrogens is 1. The Balaban J connectivity index is 0.00000306. The van der Waals surface area contributed by atoms with Crippen molar-refractivity contribution < 1.29 is 19.2 Å². The van der Waals surface area contributed by atoms with Gasteiger partial charge in [-0.25, -0.2) is 4.98 Å². The highest BCUT2D eigenvalue weighted by Gasteiger charge is 2.26. The van der Waals surface area contributed by atoms with Gasteiger partial charge >= 0.3 is 0 Å². The summed E-state index contributed by atoms with van der Waals surface area (Å²) in [5.41, 5.74) is 0.554. The normalized spacial score (nSPS) is 12.5. The van der Waals surface area contributed by atoms with Gasteiger partial charge in [0, 0.05) is 30.8 Å². The number of ether oxygens (including phenoxy) is 2. The molecule has 0 bridgehead atoms. The molecule has 1 aliphatic rings. The van der Waals surface area contributed by atoms with Crippen molar-refractivity contribution >= 4 is 62.3 Å². The van der Waals surface area contributed by atoms with Crippen molar-refractivity contribution in [1.82, 2.24) is 9.88 Å². The largest absolute Gasteiger partial charge is 0.486 e. The second kappa shape index (κ2) is 10.5. The Hall–Kier alpha value is -2.66. The summed E-state index contributed by atoms with van der Waals surface area (Å²) in [7, 11) is 3.90. The summed E-state index contributed by atoms with van der Waals surface area (Å²) in [5, 5.41) is 11.8. The molecule has 1 amide bonds. The molecule has 2 aromatic carbocycles. The van der Waals surface area contributed by atoms with Crippen molar-refractivity contribution in [3.63, 3.8) is 0 Å². The first kappa shape index (κ1) is 25.0. The first-order valence-corrected chi connectivity index (χ1v) is 11.1. The second-order valence-electron chi connectivity index (χ2n) is 7.49. The second-order valence-corrected chi connectivity index (χ2v) is 8.91. The van der Waals surface area contributed by atoms with Crippen LogP contribution in [0.15, 0.2) is 30.3 Å².